The maximum atomic E-state index is 15.8. The van der Waals surface area contributed by atoms with Crippen molar-refractivity contribution >= 4 is 39.6 Å². The van der Waals surface area contributed by atoms with E-state index in [9.17, 15) is 4.79 Å². The molecule has 3 aliphatic rings. The number of para-hydroxylation sites is 1. The van der Waals surface area contributed by atoms with E-state index in [1.54, 1.807) is 6.07 Å². The number of carbonyl (C=O) groups is 1. The SMILES string of the molecule is CC(c1cc2ccccc2o1)(C1C2CNCC21)N(C(=O)c1cccs1)c1ccc(N2CCOCC2)c(F)c1. The monoisotopic (exact) mass is 531 g/mol. The number of hydrogen-bond acceptors (Lipinski definition) is 6. The molecule has 1 N–H and O–H groups in total. The molecule has 2 saturated heterocycles. The van der Waals surface area contributed by atoms with Crippen LogP contribution in [0.25, 0.3) is 11.0 Å². The van der Waals surface area contributed by atoms with E-state index in [1.165, 1.54) is 17.4 Å². The summed E-state index contributed by atoms with van der Waals surface area (Å²) >= 11 is 1.40. The van der Waals surface area contributed by atoms with E-state index < -0.39 is 5.54 Å². The molecule has 2 aliphatic heterocycles. The molecule has 2 aromatic heterocycles. The molecule has 38 heavy (non-hydrogen) atoms. The van der Waals surface area contributed by atoms with Crippen LogP contribution >= 0.6 is 11.3 Å². The predicted molar refractivity (Wildman–Crippen MR) is 147 cm³/mol. The van der Waals surface area contributed by atoms with Crippen molar-refractivity contribution in [2.45, 2.75) is 12.5 Å². The molecule has 1 saturated carbocycles. The molecule has 0 spiro atoms. The summed E-state index contributed by atoms with van der Waals surface area (Å²) in [7, 11) is 0. The largest absolute Gasteiger partial charge is 0.459 e. The van der Waals surface area contributed by atoms with Crippen molar-refractivity contribution in [2.75, 3.05) is 49.2 Å². The van der Waals surface area contributed by atoms with Crippen LogP contribution in [-0.4, -0.2) is 45.3 Å². The first-order chi connectivity index (χ1) is 18.6. The third-order valence-corrected chi connectivity index (χ3v) is 9.46. The number of benzene rings is 2. The third kappa shape index (κ3) is 3.77. The van der Waals surface area contributed by atoms with Gasteiger partial charge in [0.2, 0.25) is 0 Å². The van der Waals surface area contributed by atoms with Gasteiger partial charge in [0.05, 0.1) is 23.8 Å². The molecular formula is C30H30FN3O3S. The Balaban J connectivity index is 1.38. The van der Waals surface area contributed by atoms with Crippen molar-refractivity contribution in [3.8, 4) is 0 Å². The second-order valence-corrected chi connectivity index (χ2v) is 11.6. The van der Waals surface area contributed by atoms with Crippen molar-refractivity contribution in [1.82, 2.24) is 5.32 Å². The first kappa shape index (κ1) is 23.9. The lowest BCUT2D eigenvalue weighted by Gasteiger charge is -2.41. The number of carbonyl (C=O) groups excluding carboxylic acids is 1. The summed E-state index contributed by atoms with van der Waals surface area (Å²) in [4.78, 5) is 18.8. The molecule has 8 heteroatoms. The molecule has 0 bridgehead atoms. The molecule has 1 aliphatic carbocycles. The van der Waals surface area contributed by atoms with Gasteiger partial charge in [-0.25, -0.2) is 4.39 Å². The van der Waals surface area contributed by atoms with Crippen LogP contribution in [0, 0.1) is 23.6 Å². The fraction of sp³-hybridized carbons (Fsp3) is 0.367. The molecule has 3 atom stereocenters. The predicted octanol–water partition coefficient (Wildman–Crippen LogP) is 5.50. The molecule has 3 fully saturated rings. The average Bonchev–Trinajstić information content (AvgIpc) is 3.44. The zero-order chi connectivity index (χ0) is 25.9. The highest BCUT2D eigenvalue weighted by molar-refractivity contribution is 7.12. The van der Waals surface area contributed by atoms with Crippen LogP contribution in [-0.2, 0) is 10.3 Å². The minimum atomic E-state index is -0.801. The smallest absolute Gasteiger partial charge is 0.269 e. The highest BCUT2D eigenvalue weighted by Crippen LogP contribution is 2.61. The van der Waals surface area contributed by atoms with E-state index in [0.29, 0.717) is 54.4 Å². The quantitative estimate of drug-likeness (QED) is 0.356. The molecule has 4 aromatic rings. The van der Waals surface area contributed by atoms with Crippen molar-refractivity contribution in [3.63, 3.8) is 0 Å². The van der Waals surface area contributed by atoms with Crippen LogP contribution in [0.2, 0.25) is 0 Å². The first-order valence-corrected chi connectivity index (χ1v) is 14.1. The molecule has 1 amide bonds. The lowest BCUT2D eigenvalue weighted by Crippen LogP contribution is -2.51. The first-order valence-electron chi connectivity index (χ1n) is 13.3. The van der Waals surface area contributed by atoms with E-state index in [-0.39, 0.29) is 17.6 Å². The lowest BCUT2D eigenvalue weighted by atomic mass is 9.86. The number of fused-ring (bicyclic) bond motifs is 2. The summed E-state index contributed by atoms with van der Waals surface area (Å²) < 4.78 is 27.7. The van der Waals surface area contributed by atoms with Crippen LogP contribution in [0.15, 0.2) is 70.5 Å². The van der Waals surface area contributed by atoms with Gasteiger partial charge in [-0.2, -0.15) is 0 Å². The Kier molecular flexibility index (Phi) is 5.80. The van der Waals surface area contributed by atoms with Crippen LogP contribution in [0.4, 0.5) is 15.8 Å². The molecule has 4 heterocycles. The molecular weight excluding hydrogens is 501 g/mol. The molecule has 6 nitrogen and oxygen atoms in total. The Labute approximate surface area is 225 Å². The fourth-order valence-corrected chi connectivity index (χ4v) is 7.36. The minimum absolute atomic E-state index is 0.139. The molecule has 3 unspecified atom stereocenters. The number of nitrogens with one attached hydrogen (secondary N) is 1. The standard InChI is InChI=1S/C30H30FN3O3S/c1-30(28-21-17-32-18-22(21)28,27-15-19-5-2-3-6-25(19)37-27)34(29(35)26-7-4-14-38-26)20-8-9-24(23(31)16-20)33-10-12-36-13-11-33/h2-9,14-16,21-22,28,32H,10-13,17-18H2,1H3. The summed E-state index contributed by atoms with van der Waals surface area (Å²) in [5, 5.41) is 6.38. The number of halogens is 1. The van der Waals surface area contributed by atoms with Gasteiger partial charge in [-0.15, -0.1) is 11.3 Å². The average molecular weight is 532 g/mol. The summed E-state index contributed by atoms with van der Waals surface area (Å²) in [6, 6.07) is 18.9. The Morgan fingerprint density at radius 3 is 2.58 bits per heavy atom. The number of anilines is 2. The van der Waals surface area contributed by atoms with Crippen LogP contribution < -0.4 is 15.1 Å². The second-order valence-electron chi connectivity index (χ2n) is 10.7. The van der Waals surface area contributed by atoms with E-state index in [1.807, 2.05) is 57.6 Å². The van der Waals surface area contributed by atoms with Gasteiger partial charge in [-0.05, 0) is 79.5 Å². The zero-order valence-electron chi connectivity index (χ0n) is 21.2. The van der Waals surface area contributed by atoms with Gasteiger partial charge in [0.15, 0.2) is 0 Å². The number of furan rings is 1. The Hall–Kier alpha value is -3.20. The van der Waals surface area contributed by atoms with Gasteiger partial charge in [0.1, 0.15) is 22.7 Å². The van der Waals surface area contributed by atoms with Crippen molar-refractivity contribution < 1.29 is 18.3 Å². The van der Waals surface area contributed by atoms with E-state index in [0.717, 1.165) is 29.8 Å². The Morgan fingerprint density at radius 2 is 1.87 bits per heavy atom. The topological polar surface area (TPSA) is 58.0 Å². The second kappa shape index (κ2) is 9.22. The van der Waals surface area contributed by atoms with Gasteiger partial charge in [-0.1, -0.05) is 24.3 Å². The van der Waals surface area contributed by atoms with Gasteiger partial charge < -0.3 is 19.4 Å². The maximum Gasteiger partial charge on any atom is 0.269 e. The number of hydrogen-bond donors (Lipinski definition) is 1. The summed E-state index contributed by atoms with van der Waals surface area (Å²) in [6.07, 6.45) is 0. The van der Waals surface area contributed by atoms with Gasteiger partial charge in [0, 0.05) is 24.2 Å². The third-order valence-electron chi connectivity index (χ3n) is 8.61. The number of ether oxygens (including phenoxy) is 1. The van der Waals surface area contributed by atoms with Crippen molar-refractivity contribution in [2.24, 2.45) is 17.8 Å². The fourth-order valence-electron chi connectivity index (χ4n) is 6.71. The zero-order valence-corrected chi connectivity index (χ0v) is 22.0. The van der Waals surface area contributed by atoms with Crippen molar-refractivity contribution in [3.05, 3.63) is 82.5 Å². The van der Waals surface area contributed by atoms with E-state index in [2.05, 4.69) is 18.3 Å². The molecule has 0 radical (unpaired) electrons. The summed E-state index contributed by atoms with van der Waals surface area (Å²) in [6.45, 7) is 6.37. The Morgan fingerprint density at radius 1 is 1.08 bits per heavy atom. The van der Waals surface area contributed by atoms with Crippen LogP contribution in [0.5, 0.6) is 0 Å². The number of thiophene rings is 1. The van der Waals surface area contributed by atoms with E-state index >= 15 is 4.39 Å². The maximum absolute atomic E-state index is 15.8. The Bertz CT molecular complexity index is 1440. The van der Waals surface area contributed by atoms with Gasteiger partial charge in [0.25, 0.3) is 5.91 Å². The van der Waals surface area contributed by atoms with Crippen LogP contribution in [0.1, 0.15) is 22.4 Å². The molecule has 2 aromatic carbocycles. The van der Waals surface area contributed by atoms with Crippen LogP contribution in [0.3, 0.4) is 0 Å². The number of amides is 1. The molecule has 7 rings (SSSR count). The summed E-state index contributed by atoms with van der Waals surface area (Å²) in [5.74, 6) is 1.32. The van der Waals surface area contributed by atoms with Crippen molar-refractivity contribution in [1.29, 1.82) is 0 Å². The number of rotatable bonds is 6. The van der Waals surface area contributed by atoms with E-state index in [4.69, 9.17) is 9.15 Å². The molecule has 196 valence electrons. The number of piperidine rings is 1. The normalized spacial score (nSPS) is 24.3. The lowest BCUT2D eigenvalue weighted by molar-refractivity contribution is 0.0939. The summed E-state index contributed by atoms with van der Waals surface area (Å²) in [5.41, 5.74) is 1.07. The number of morpholine rings is 1. The van der Waals surface area contributed by atoms with Gasteiger partial charge in [-0.3, -0.25) is 9.69 Å². The minimum Gasteiger partial charge on any atom is -0.459 e. The van der Waals surface area contributed by atoms with Gasteiger partial charge >= 0.3 is 0 Å². The number of nitrogens with zero attached hydrogens (tertiary/aromatic N) is 2. The highest BCUT2D eigenvalue weighted by Gasteiger charge is 2.65. The highest BCUT2D eigenvalue weighted by atomic mass is 32.1.